The number of carboxylic acids is 1. The Labute approximate surface area is 101 Å². The van der Waals surface area contributed by atoms with E-state index in [0.29, 0.717) is 0 Å². The van der Waals surface area contributed by atoms with E-state index in [4.69, 9.17) is 5.11 Å². The van der Waals surface area contributed by atoms with Gasteiger partial charge >= 0.3 is 18.1 Å². The zero-order chi connectivity index (χ0) is 14.2. The predicted octanol–water partition coefficient (Wildman–Crippen LogP) is 0.323. The number of anilines is 1. The van der Waals surface area contributed by atoms with E-state index >= 15 is 0 Å². The summed E-state index contributed by atoms with van der Waals surface area (Å²) in [7, 11) is 0. The minimum Gasteiger partial charge on any atom is -0.476 e. The number of hydrogen-bond acceptors (Lipinski definition) is 5. The van der Waals surface area contributed by atoms with Crippen LogP contribution in [0.4, 0.5) is 19.0 Å². The highest BCUT2D eigenvalue weighted by molar-refractivity contribution is 5.97. The highest BCUT2D eigenvalue weighted by Crippen LogP contribution is 2.19. The summed E-state index contributed by atoms with van der Waals surface area (Å²) >= 11 is 0. The fourth-order valence-corrected chi connectivity index (χ4v) is 1.23. The van der Waals surface area contributed by atoms with E-state index in [0.717, 1.165) is 17.0 Å². The van der Waals surface area contributed by atoms with Crippen LogP contribution in [0.1, 0.15) is 10.5 Å². The number of amides is 1. The number of imidazole rings is 1. The molecule has 0 saturated carbocycles. The molecule has 0 unspecified atom stereocenters. The third-order valence-corrected chi connectivity index (χ3v) is 2.01. The first-order chi connectivity index (χ1) is 8.80. The number of carboxylic acid groups (broad SMARTS) is 1. The molecule has 0 aliphatic carbocycles. The van der Waals surface area contributed by atoms with Gasteiger partial charge in [-0.15, -0.1) is 0 Å². The quantitative estimate of drug-likeness (QED) is 0.817. The normalized spacial score (nSPS) is 11.5. The Kier molecular flexibility index (Phi) is 2.81. The van der Waals surface area contributed by atoms with Crippen molar-refractivity contribution < 1.29 is 27.9 Å². The molecule has 1 amide bonds. The Morgan fingerprint density at radius 1 is 1.32 bits per heavy atom. The number of carbonyl (C=O) groups excluding carboxylic acids is 1. The van der Waals surface area contributed by atoms with E-state index in [1.807, 2.05) is 0 Å². The van der Waals surface area contributed by atoms with Crippen LogP contribution in [0.5, 0.6) is 0 Å². The number of carbonyl (C=O) groups is 2. The lowest BCUT2D eigenvalue weighted by Gasteiger charge is -2.07. The van der Waals surface area contributed by atoms with E-state index in [1.54, 1.807) is 0 Å². The van der Waals surface area contributed by atoms with Crippen molar-refractivity contribution in [2.75, 3.05) is 5.32 Å². The highest BCUT2D eigenvalue weighted by atomic mass is 19.4. The van der Waals surface area contributed by atoms with Crippen LogP contribution in [-0.2, 0) is 4.79 Å². The van der Waals surface area contributed by atoms with Gasteiger partial charge < -0.3 is 5.11 Å². The van der Waals surface area contributed by atoms with Crippen molar-refractivity contribution in [1.29, 1.82) is 0 Å². The lowest BCUT2D eigenvalue weighted by molar-refractivity contribution is -0.167. The summed E-state index contributed by atoms with van der Waals surface area (Å²) in [5.41, 5.74) is -0.683. The lowest BCUT2D eigenvalue weighted by atomic mass is 10.5. The Hall–Kier alpha value is -2.72. The second-order valence-corrected chi connectivity index (χ2v) is 3.24. The van der Waals surface area contributed by atoms with Gasteiger partial charge in [0.15, 0.2) is 17.2 Å². The van der Waals surface area contributed by atoms with Crippen LogP contribution < -0.4 is 5.32 Å². The monoisotopic (exact) mass is 275 g/mol. The molecule has 2 heterocycles. The molecular weight excluding hydrogens is 271 g/mol. The number of aromatic carboxylic acids is 1. The number of halogens is 3. The second-order valence-electron chi connectivity index (χ2n) is 3.24. The van der Waals surface area contributed by atoms with Gasteiger partial charge in [-0.2, -0.15) is 18.3 Å². The summed E-state index contributed by atoms with van der Waals surface area (Å²) in [5, 5.41) is 13.8. The van der Waals surface area contributed by atoms with Crippen LogP contribution in [0, 0.1) is 0 Å². The molecule has 2 aromatic rings. The molecule has 0 saturated heterocycles. The standard InChI is InChI=1S/C8H4F3N5O3/c9-8(10,11)7(19)15-4-5-12-1-3(6(17)18)16(5)14-2-13-4/h1-2H,(H,17,18)(H,13,14,15,19). The zero-order valence-electron chi connectivity index (χ0n) is 8.84. The largest absolute Gasteiger partial charge is 0.476 e. The molecule has 0 radical (unpaired) electrons. The van der Waals surface area contributed by atoms with E-state index in [9.17, 15) is 22.8 Å². The summed E-state index contributed by atoms with van der Waals surface area (Å²) in [6, 6.07) is 0. The number of nitrogens with zero attached hydrogens (tertiary/aromatic N) is 4. The van der Waals surface area contributed by atoms with Crippen LogP contribution in [0.3, 0.4) is 0 Å². The predicted molar refractivity (Wildman–Crippen MR) is 52.4 cm³/mol. The van der Waals surface area contributed by atoms with Crippen molar-refractivity contribution in [2.45, 2.75) is 6.18 Å². The van der Waals surface area contributed by atoms with Crippen molar-refractivity contribution in [3.8, 4) is 0 Å². The van der Waals surface area contributed by atoms with Gasteiger partial charge in [0.05, 0.1) is 6.20 Å². The van der Waals surface area contributed by atoms with Gasteiger partial charge in [0, 0.05) is 0 Å². The van der Waals surface area contributed by atoms with Crippen LogP contribution in [0.25, 0.3) is 5.65 Å². The second kappa shape index (κ2) is 4.19. The van der Waals surface area contributed by atoms with E-state index in [2.05, 4.69) is 15.1 Å². The molecule has 2 N–H and O–H groups in total. The third kappa shape index (κ3) is 2.29. The smallest absolute Gasteiger partial charge is 0.471 e. The Morgan fingerprint density at radius 2 is 2.00 bits per heavy atom. The van der Waals surface area contributed by atoms with E-state index < -0.39 is 23.9 Å². The lowest BCUT2D eigenvalue weighted by Crippen LogP contribution is -2.30. The number of rotatable bonds is 2. The molecule has 100 valence electrons. The Morgan fingerprint density at radius 3 is 2.58 bits per heavy atom. The van der Waals surface area contributed by atoms with Crippen molar-refractivity contribution in [3.05, 3.63) is 18.2 Å². The number of hydrogen-bond donors (Lipinski definition) is 2. The summed E-state index contributed by atoms with van der Waals surface area (Å²) in [6.07, 6.45) is -3.41. The molecule has 19 heavy (non-hydrogen) atoms. The summed E-state index contributed by atoms with van der Waals surface area (Å²) in [5.74, 6) is -4.16. The Bertz CT molecular complexity index is 665. The minimum atomic E-state index is -5.09. The maximum Gasteiger partial charge on any atom is 0.471 e. The van der Waals surface area contributed by atoms with Gasteiger partial charge in [0.25, 0.3) is 0 Å². The van der Waals surface area contributed by atoms with Crippen LogP contribution in [0.15, 0.2) is 12.5 Å². The fraction of sp³-hybridized carbons (Fsp3) is 0.125. The summed E-state index contributed by atoms with van der Waals surface area (Å²) < 4.78 is 37.0. The molecule has 11 heteroatoms. The van der Waals surface area contributed by atoms with Crippen LogP contribution in [-0.4, -0.2) is 42.7 Å². The van der Waals surface area contributed by atoms with Crippen LogP contribution >= 0.6 is 0 Å². The average molecular weight is 275 g/mol. The van der Waals surface area contributed by atoms with E-state index in [1.165, 1.54) is 5.32 Å². The van der Waals surface area contributed by atoms with Gasteiger partial charge in [-0.3, -0.25) is 10.1 Å². The summed E-state index contributed by atoms with van der Waals surface area (Å²) in [6.45, 7) is 0. The molecule has 8 nitrogen and oxygen atoms in total. The van der Waals surface area contributed by atoms with Crippen molar-refractivity contribution in [1.82, 2.24) is 19.6 Å². The molecule has 0 atom stereocenters. The number of aromatic nitrogens is 4. The minimum absolute atomic E-state index is 0.308. The summed E-state index contributed by atoms with van der Waals surface area (Å²) in [4.78, 5) is 28.5. The van der Waals surface area contributed by atoms with Gasteiger partial charge in [0.2, 0.25) is 0 Å². The van der Waals surface area contributed by atoms with E-state index in [-0.39, 0.29) is 11.3 Å². The molecule has 0 fully saturated rings. The van der Waals surface area contributed by atoms with Crippen LogP contribution in [0.2, 0.25) is 0 Å². The Balaban J connectivity index is 2.46. The molecule has 0 aliphatic rings. The fourth-order valence-electron chi connectivity index (χ4n) is 1.23. The first kappa shape index (κ1) is 12.7. The van der Waals surface area contributed by atoms with Gasteiger partial charge in [-0.25, -0.2) is 19.3 Å². The maximum atomic E-state index is 12.1. The first-order valence-corrected chi connectivity index (χ1v) is 4.61. The zero-order valence-corrected chi connectivity index (χ0v) is 8.84. The molecule has 2 rings (SSSR count). The molecule has 0 aromatic carbocycles. The number of fused-ring (bicyclic) bond motifs is 1. The van der Waals surface area contributed by atoms with Gasteiger partial charge in [-0.1, -0.05) is 0 Å². The highest BCUT2D eigenvalue weighted by Gasteiger charge is 2.39. The van der Waals surface area contributed by atoms with Crippen molar-refractivity contribution >= 4 is 23.3 Å². The average Bonchev–Trinajstić information content (AvgIpc) is 2.72. The SMILES string of the molecule is O=C(O)c1cnc2c(NC(=O)C(F)(F)F)ncnn12. The third-order valence-electron chi connectivity index (χ3n) is 2.01. The first-order valence-electron chi connectivity index (χ1n) is 4.61. The van der Waals surface area contributed by atoms with Crippen molar-refractivity contribution in [3.63, 3.8) is 0 Å². The van der Waals surface area contributed by atoms with Gasteiger partial charge in [-0.05, 0) is 0 Å². The molecule has 0 bridgehead atoms. The molecule has 0 aliphatic heterocycles. The van der Waals surface area contributed by atoms with Crippen molar-refractivity contribution in [2.24, 2.45) is 0 Å². The van der Waals surface area contributed by atoms with Gasteiger partial charge in [0.1, 0.15) is 6.33 Å². The molecule has 2 aromatic heterocycles. The number of nitrogens with one attached hydrogen (secondary N) is 1. The molecular formula is C8H4F3N5O3. The number of alkyl halides is 3. The topological polar surface area (TPSA) is 109 Å². The maximum absolute atomic E-state index is 12.1. The molecule has 0 spiro atoms.